The third kappa shape index (κ3) is 5.09. The Bertz CT molecular complexity index is 1160. The van der Waals surface area contributed by atoms with Crippen molar-refractivity contribution in [1.82, 2.24) is 10.2 Å². The number of fused-ring (bicyclic) bond motifs is 1. The monoisotopic (exact) mass is 469 g/mol. The summed E-state index contributed by atoms with van der Waals surface area (Å²) in [6.07, 6.45) is 3.00. The van der Waals surface area contributed by atoms with Crippen LogP contribution in [0.4, 0.5) is 15.8 Å². The normalized spacial score (nSPS) is 15.2. The van der Waals surface area contributed by atoms with Crippen LogP contribution in [0.1, 0.15) is 40.5 Å². The molecule has 0 aliphatic heterocycles. The van der Waals surface area contributed by atoms with Gasteiger partial charge in [-0.1, -0.05) is 36.1 Å². The summed E-state index contributed by atoms with van der Waals surface area (Å²) in [6, 6.07) is 8.45. The maximum absolute atomic E-state index is 12.5. The van der Waals surface area contributed by atoms with Crippen molar-refractivity contribution < 1.29 is 4.79 Å². The molecule has 0 unspecified atom stereocenters. The molecule has 0 fully saturated rings. The molecule has 2 aromatic heterocycles. The van der Waals surface area contributed by atoms with Crippen LogP contribution in [0, 0.1) is 31.1 Å². The van der Waals surface area contributed by atoms with E-state index in [-0.39, 0.29) is 11.7 Å². The van der Waals surface area contributed by atoms with Crippen molar-refractivity contribution in [2.75, 3.05) is 16.4 Å². The molecular formula is C22H23N5OS3. The van der Waals surface area contributed by atoms with Gasteiger partial charge in [0, 0.05) is 10.6 Å². The lowest BCUT2D eigenvalue weighted by atomic mass is 9.89. The van der Waals surface area contributed by atoms with Crippen LogP contribution in [0.2, 0.25) is 0 Å². The van der Waals surface area contributed by atoms with Crippen LogP contribution in [0.25, 0.3) is 0 Å². The number of thioether (sulfide) groups is 1. The van der Waals surface area contributed by atoms with E-state index in [2.05, 4.69) is 59.8 Å². The zero-order chi connectivity index (χ0) is 22.0. The van der Waals surface area contributed by atoms with E-state index in [0.29, 0.717) is 21.6 Å². The SMILES string of the molecule is Cc1ccc(Nc2nnc(SCC(=O)Nc3sc4c(c3C#N)CC[C@H](C)C4)s2)cc1C. The van der Waals surface area contributed by atoms with E-state index in [1.807, 2.05) is 6.07 Å². The lowest BCUT2D eigenvalue weighted by Crippen LogP contribution is -2.14. The molecule has 1 aromatic carbocycles. The Hall–Kier alpha value is -2.41. The van der Waals surface area contributed by atoms with Crippen molar-refractivity contribution in [1.29, 1.82) is 5.26 Å². The number of aromatic nitrogens is 2. The van der Waals surface area contributed by atoms with Crippen LogP contribution < -0.4 is 10.6 Å². The third-order valence-corrected chi connectivity index (χ3v) is 8.51. The van der Waals surface area contributed by atoms with Crippen LogP contribution in [0.3, 0.4) is 0 Å². The summed E-state index contributed by atoms with van der Waals surface area (Å²) in [5.41, 5.74) is 5.18. The largest absolute Gasteiger partial charge is 0.330 e. The number of carbonyl (C=O) groups is 1. The number of carbonyl (C=O) groups excluding carboxylic acids is 1. The van der Waals surface area contributed by atoms with Gasteiger partial charge in [-0.2, -0.15) is 5.26 Å². The summed E-state index contributed by atoms with van der Waals surface area (Å²) in [4.78, 5) is 13.7. The van der Waals surface area contributed by atoms with Gasteiger partial charge in [-0.3, -0.25) is 4.79 Å². The summed E-state index contributed by atoms with van der Waals surface area (Å²) in [5, 5.41) is 25.5. The van der Waals surface area contributed by atoms with Crippen LogP contribution in [0.5, 0.6) is 0 Å². The lowest BCUT2D eigenvalue weighted by Gasteiger charge is -2.17. The fourth-order valence-corrected chi connectivity index (χ4v) is 6.46. The number of anilines is 3. The minimum absolute atomic E-state index is 0.132. The number of nitrogens with zero attached hydrogens (tertiary/aromatic N) is 3. The molecule has 9 heteroatoms. The Kier molecular flexibility index (Phi) is 6.60. The van der Waals surface area contributed by atoms with Crippen LogP contribution in [-0.4, -0.2) is 21.9 Å². The minimum Gasteiger partial charge on any atom is -0.330 e. The van der Waals surface area contributed by atoms with Crippen LogP contribution in [-0.2, 0) is 17.6 Å². The molecule has 2 heterocycles. The smallest absolute Gasteiger partial charge is 0.235 e. The highest BCUT2D eigenvalue weighted by atomic mass is 32.2. The van der Waals surface area contributed by atoms with E-state index >= 15 is 0 Å². The summed E-state index contributed by atoms with van der Waals surface area (Å²) in [7, 11) is 0. The number of thiophene rings is 1. The van der Waals surface area contributed by atoms with E-state index in [4.69, 9.17) is 0 Å². The molecule has 1 aliphatic rings. The summed E-state index contributed by atoms with van der Waals surface area (Å²) in [5.74, 6) is 0.718. The maximum Gasteiger partial charge on any atom is 0.235 e. The minimum atomic E-state index is -0.132. The molecular weight excluding hydrogens is 446 g/mol. The summed E-state index contributed by atoms with van der Waals surface area (Å²) >= 11 is 4.31. The summed E-state index contributed by atoms with van der Waals surface area (Å²) in [6.45, 7) is 6.38. The number of nitriles is 1. The highest BCUT2D eigenvalue weighted by molar-refractivity contribution is 8.01. The zero-order valence-electron chi connectivity index (χ0n) is 17.6. The molecule has 6 nitrogen and oxygen atoms in total. The quantitative estimate of drug-likeness (QED) is 0.451. The Morgan fingerprint density at radius 2 is 2.13 bits per heavy atom. The van der Waals surface area contributed by atoms with E-state index in [0.717, 1.165) is 34.9 Å². The highest BCUT2D eigenvalue weighted by Gasteiger charge is 2.24. The average molecular weight is 470 g/mol. The second-order valence-electron chi connectivity index (χ2n) is 7.80. The molecule has 3 aromatic rings. The van der Waals surface area contributed by atoms with Crippen molar-refractivity contribution >= 4 is 56.2 Å². The Labute approximate surface area is 194 Å². The number of hydrogen-bond acceptors (Lipinski definition) is 8. The summed E-state index contributed by atoms with van der Waals surface area (Å²) < 4.78 is 0.723. The highest BCUT2D eigenvalue weighted by Crippen LogP contribution is 2.39. The van der Waals surface area contributed by atoms with Crippen molar-refractivity contribution in [3.8, 4) is 6.07 Å². The van der Waals surface area contributed by atoms with Gasteiger partial charge in [-0.25, -0.2) is 0 Å². The molecule has 31 heavy (non-hydrogen) atoms. The van der Waals surface area contributed by atoms with Crippen LogP contribution >= 0.6 is 34.4 Å². The van der Waals surface area contributed by atoms with Gasteiger partial charge in [-0.05, 0) is 67.9 Å². The molecule has 160 valence electrons. The van der Waals surface area contributed by atoms with Gasteiger partial charge in [-0.15, -0.1) is 21.5 Å². The molecule has 1 amide bonds. The predicted molar refractivity (Wildman–Crippen MR) is 129 cm³/mol. The Morgan fingerprint density at radius 1 is 1.29 bits per heavy atom. The fraction of sp³-hybridized carbons (Fsp3) is 0.364. The molecule has 0 bridgehead atoms. The number of aryl methyl sites for hydroxylation is 2. The van der Waals surface area contributed by atoms with Gasteiger partial charge in [0.1, 0.15) is 11.1 Å². The van der Waals surface area contributed by atoms with E-state index in [1.165, 1.54) is 39.1 Å². The molecule has 0 radical (unpaired) electrons. The zero-order valence-corrected chi connectivity index (χ0v) is 20.1. The molecule has 4 rings (SSSR count). The fourth-order valence-electron chi connectivity index (χ4n) is 3.51. The number of benzene rings is 1. The van der Waals surface area contributed by atoms with Crippen molar-refractivity contribution in [3.05, 3.63) is 45.3 Å². The maximum atomic E-state index is 12.5. The molecule has 0 saturated heterocycles. The average Bonchev–Trinajstić information content (AvgIpc) is 3.32. The van der Waals surface area contributed by atoms with Crippen molar-refractivity contribution in [2.45, 2.75) is 44.4 Å². The van der Waals surface area contributed by atoms with Gasteiger partial charge >= 0.3 is 0 Å². The molecule has 2 N–H and O–H groups in total. The number of rotatable bonds is 6. The standard InChI is InChI=1S/C22H23N5OS3/c1-12-4-7-16-17(10-23)20(30-18(16)8-12)25-19(28)11-29-22-27-26-21(31-22)24-15-6-5-13(2)14(3)9-15/h5-6,9,12H,4,7-8,11H2,1-3H3,(H,24,26)(H,25,28)/t12-/m0/s1. The number of hydrogen-bond donors (Lipinski definition) is 2. The van der Waals surface area contributed by atoms with Gasteiger partial charge in [0.15, 0.2) is 4.34 Å². The van der Waals surface area contributed by atoms with Gasteiger partial charge in [0.25, 0.3) is 0 Å². The lowest BCUT2D eigenvalue weighted by molar-refractivity contribution is -0.113. The molecule has 1 aliphatic carbocycles. The Balaban J connectivity index is 1.35. The van der Waals surface area contributed by atoms with E-state index < -0.39 is 0 Å². The molecule has 0 spiro atoms. The Morgan fingerprint density at radius 3 is 2.90 bits per heavy atom. The van der Waals surface area contributed by atoms with Gasteiger partial charge in [0.05, 0.1) is 11.3 Å². The van der Waals surface area contributed by atoms with E-state index in [9.17, 15) is 10.1 Å². The third-order valence-electron chi connectivity index (χ3n) is 5.37. The number of amides is 1. The first-order valence-corrected chi connectivity index (χ1v) is 12.7. The first-order valence-electron chi connectivity index (χ1n) is 10.1. The number of nitrogens with one attached hydrogen (secondary N) is 2. The predicted octanol–water partition coefficient (Wildman–Crippen LogP) is 5.69. The second kappa shape index (κ2) is 9.39. The molecule has 1 atom stereocenters. The van der Waals surface area contributed by atoms with Gasteiger partial charge in [0.2, 0.25) is 11.0 Å². The second-order valence-corrected chi connectivity index (χ2v) is 11.1. The van der Waals surface area contributed by atoms with Gasteiger partial charge < -0.3 is 10.6 Å². The first kappa shape index (κ1) is 21.8. The van der Waals surface area contributed by atoms with E-state index in [1.54, 1.807) is 11.3 Å². The topological polar surface area (TPSA) is 90.7 Å². The first-order chi connectivity index (χ1) is 14.9. The van der Waals surface area contributed by atoms with Crippen molar-refractivity contribution in [2.24, 2.45) is 5.92 Å². The van der Waals surface area contributed by atoms with Crippen LogP contribution in [0.15, 0.2) is 22.5 Å². The van der Waals surface area contributed by atoms with Crippen molar-refractivity contribution in [3.63, 3.8) is 0 Å². The molecule has 0 saturated carbocycles.